The Hall–Kier alpha value is -1.52. The van der Waals surface area contributed by atoms with Gasteiger partial charge in [-0.1, -0.05) is 6.08 Å². The number of aliphatic hydroxyl groups excluding tert-OH is 1. The number of hydrogen-bond acceptors (Lipinski definition) is 4. The van der Waals surface area contributed by atoms with Gasteiger partial charge in [0.25, 0.3) is 0 Å². The van der Waals surface area contributed by atoms with Gasteiger partial charge in [-0.15, -0.1) is 6.58 Å². The maximum atomic E-state index is 11.9. The minimum Gasteiger partial charge on any atom is -0.390 e. The molecule has 0 fully saturated rings. The molecule has 104 valence electrons. The van der Waals surface area contributed by atoms with Crippen molar-refractivity contribution in [2.24, 2.45) is 5.92 Å². The van der Waals surface area contributed by atoms with Crippen LogP contribution in [-0.4, -0.2) is 33.5 Å². The molecule has 4 nitrogen and oxygen atoms in total. The highest BCUT2D eigenvalue weighted by molar-refractivity contribution is 6.20. The first kappa shape index (κ1) is 15.5. The zero-order valence-electron chi connectivity index (χ0n) is 11.5. The highest BCUT2D eigenvalue weighted by Gasteiger charge is 2.30. The van der Waals surface area contributed by atoms with Gasteiger partial charge >= 0.3 is 0 Å². The van der Waals surface area contributed by atoms with Crippen molar-refractivity contribution >= 4 is 11.6 Å². The minimum absolute atomic E-state index is 0.144. The van der Waals surface area contributed by atoms with Gasteiger partial charge in [-0.3, -0.25) is 9.59 Å². The number of hydrogen-bond donors (Lipinski definition) is 2. The van der Waals surface area contributed by atoms with E-state index in [0.29, 0.717) is 11.1 Å². The van der Waals surface area contributed by atoms with Gasteiger partial charge in [0, 0.05) is 17.1 Å². The van der Waals surface area contributed by atoms with E-state index in [1.807, 2.05) is 0 Å². The van der Waals surface area contributed by atoms with Crippen LogP contribution in [-0.2, 0) is 9.59 Å². The smallest absolute Gasteiger partial charge is 0.182 e. The molecular formula is C15H20O4. The van der Waals surface area contributed by atoms with Gasteiger partial charge in [0.05, 0.1) is 11.7 Å². The third-order valence-corrected chi connectivity index (χ3v) is 3.28. The summed E-state index contributed by atoms with van der Waals surface area (Å²) >= 11 is 0. The van der Waals surface area contributed by atoms with Crippen LogP contribution in [0.4, 0.5) is 0 Å². The fraction of sp³-hybridized carbons (Fsp3) is 0.467. The number of ketones is 2. The molecule has 0 saturated heterocycles. The molecule has 0 aliphatic heterocycles. The van der Waals surface area contributed by atoms with E-state index >= 15 is 0 Å². The summed E-state index contributed by atoms with van der Waals surface area (Å²) in [6, 6.07) is 0. The van der Waals surface area contributed by atoms with Gasteiger partial charge in [-0.25, -0.2) is 0 Å². The van der Waals surface area contributed by atoms with Crippen LogP contribution in [0.3, 0.4) is 0 Å². The molecule has 1 aliphatic carbocycles. The van der Waals surface area contributed by atoms with Gasteiger partial charge in [-0.05, 0) is 39.3 Å². The van der Waals surface area contributed by atoms with Gasteiger partial charge in [0.2, 0.25) is 0 Å². The van der Waals surface area contributed by atoms with E-state index in [4.69, 9.17) is 0 Å². The summed E-state index contributed by atoms with van der Waals surface area (Å²) in [5, 5.41) is 19.6. The molecule has 1 rings (SSSR count). The predicted molar refractivity (Wildman–Crippen MR) is 72.5 cm³/mol. The largest absolute Gasteiger partial charge is 0.390 e. The third-order valence-electron chi connectivity index (χ3n) is 3.28. The van der Waals surface area contributed by atoms with Gasteiger partial charge in [-0.2, -0.15) is 0 Å². The lowest BCUT2D eigenvalue weighted by molar-refractivity contribution is -0.115. The van der Waals surface area contributed by atoms with E-state index < -0.39 is 17.6 Å². The summed E-state index contributed by atoms with van der Waals surface area (Å²) in [5.74, 6) is -0.911. The van der Waals surface area contributed by atoms with Crippen LogP contribution < -0.4 is 0 Å². The fourth-order valence-corrected chi connectivity index (χ4v) is 1.85. The van der Waals surface area contributed by atoms with Crippen LogP contribution in [0.2, 0.25) is 0 Å². The fourth-order valence-electron chi connectivity index (χ4n) is 1.85. The lowest BCUT2D eigenvalue weighted by Crippen LogP contribution is -2.37. The Kier molecular flexibility index (Phi) is 4.61. The van der Waals surface area contributed by atoms with Crippen molar-refractivity contribution in [3.8, 4) is 0 Å². The van der Waals surface area contributed by atoms with Gasteiger partial charge in [0.1, 0.15) is 0 Å². The van der Waals surface area contributed by atoms with Crippen LogP contribution in [0.5, 0.6) is 0 Å². The molecule has 0 aromatic rings. The molecule has 0 unspecified atom stereocenters. The van der Waals surface area contributed by atoms with Crippen molar-refractivity contribution in [1.82, 2.24) is 0 Å². The van der Waals surface area contributed by atoms with E-state index in [0.717, 1.165) is 0 Å². The van der Waals surface area contributed by atoms with E-state index in [1.165, 1.54) is 32.1 Å². The van der Waals surface area contributed by atoms with E-state index in [1.54, 1.807) is 6.92 Å². The summed E-state index contributed by atoms with van der Waals surface area (Å²) in [4.78, 5) is 23.5. The van der Waals surface area contributed by atoms with Crippen molar-refractivity contribution < 1.29 is 19.8 Å². The lowest BCUT2D eigenvalue weighted by atomic mass is 9.83. The Morgan fingerprint density at radius 2 is 1.89 bits per heavy atom. The van der Waals surface area contributed by atoms with E-state index in [-0.39, 0.29) is 18.0 Å². The molecule has 2 atom stereocenters. The monoisotopic (exact) mass is 264 g/mol. The number of rotatable bonds is 5. The molecule has 0 radical (unpaired) electrons. The first-order valence-corrected chi connectivity index (χ1v) is 6.18. The third kappa shape index (κ3) is 3.72. The zero-order valence-corrected chi connectivity index (χ0v) is 11.5. The molecular weight excluding hydrogens is 244 g/mol. The molecule has 0 heterocycles. The topological polar surface area (TPSA) is 74.6 Å². The lowest BCUT2D eigenvalue weighted by Gasteiger charge is -2.28. The predicted octanol–water partition coefficient (Wildman–Crippen LogP) is 1.33. The Balaban J connectivity index is 2.94. The summed E-state index contributed by atoms with van der Waals surface area (Å²) < 4.78 is 0. The van der Waals surface area contributed by atoms with Crippen molar-refractivity contribution in [3.63, 3.8) is 0 Å². The molecule has 0 spiro atoms. The number of carbonyl (C=O) groups excluding carboxylic acids is 2. The number of allylic oxidation sites excluding steroid dienone is 5. The molecule has 0 aromatic carbocycles. The van der Waals surface area contributed by atoms with Crippen LogP contribution in [0.25, 0.3) is 0 Å². The van der Waals surface area contributed by atoms with E-state index in [9.17, 15) is 19.8 Å². The minimum atomic E-state index is -1.27. The quantitative estimate of drug-likeness (QED) is 0.580. The summed E-state index contributed by atoms with van der Waals surface area (Å²) in [6.45, 7) is 8.20. The summed E-state index contributed by atoms with van der Waals surface area (Å²) in [6.07, 6.45) is 3.24. The highest BCUT2D eigenvalue weighted by Crippen LogP contribution is 2.26. The maximum absolute atomic E-state index is 11.9. The maximum Gasteiger partial charge on any atom is 0.182 e. The second kappa shape index (κ2) is 5.63. The Bertz CT molecular complexity index is 463. The van der Waals surface area contributed by atoms with Crippen LogP contribution in [0.1, 0.15) is 27.2 Å². The van der Waals surface area contributed by atoms with Crippen LogP contribution >= 0.6 is 0 Å². The molecule has 1 aliphatic rings. The van der Waals surface area contributed by atoms with Crippen LogP contribution in [0, 0.1) is 5.92 Å². The van der Waals surface area contributed by atoms with Gasteiger partial charge < -0.3 is 10.2 Å². The standard InChI is InChI=1S/C15H20O4/c1-5-10(7-14(18)15(3,4)19)11-8-12(16)9(2)6-13(11)17/h5-6,8,10,14,18-19H,1,7H2,2-4H3/t10-,14-/m0/s1. The van der Waals surface area contributed by atoms with Crippen LogP contribution in [0.15, 0.2) is 36.0 Å². The Morgan fingerprint density at radius 3 is 2.37 bits per heavy atom. The SMILES string of the molecule is C=C[C@@H](C[C@H](O)C(C)(C)O)C1=CC(=O)C(C)=CC1=O. The Labute approximate surface area is 113 Å². The number of carbonyl (C=O) groups is 2. The Morgan fingerprint density at radius 1 is 1.32 bits per heavy atom. The second-order valence-corrected chi connectivity index (χ2v) is 5.40. The molecule has 2 N–H and O–H groups in total. The molecule has 0 bridgehead atoms. The zero-order chi connectivity index (χ0) is 14.8. The van der Waals surface area contributed by atoms with Crippen molar-refractivity contribution in [1.29, 1.82) is 0 Å². The van der Waals surface area contributed by atoms with Gasteiger partial charge in [0.15, 0.2) is 11.6 Å². The second-order valence-electron chi connectivity index (χ2n) is 5.40. The number of aliphatic hydroxyl groups is 2. The molecule has 4 heteroatoms. The first-order chi connectivity index (χ1) is 8.66. The van der Waals surface area contributed by atoms with Crippen molar-refractivity contribution in [2.75, 3.05) is 0 Å². The highest BCUT2D eigenvalue weighted by atomic mass is 16.3. The summed E-state index contributed by atoms with van der Waals surface area (Å²) in [5.41, 5.74) is -0.552. The summed E-state index contributed by atoms with van der Waals surface area (Å²) in [7, 11) is 0. The molecule has 0 saturated carbocycles. The first-order valence-electron chi connectivity index (χ1n) is 6.18. The van der Waals surface area contributed by atoms with Crippen molar-refractivity contribution in [2.45, 2.75) is 38.9 Å². The normalized spacial score (nSPS) is 19.6. The molecule has 0 amide bonds. The van der Waals surface area contributed by atoms with Crippen molar-refractivity contribution in [3.05, 3.63) is 36.0 Å². The molecule has 0 aromatic heterocycles. The average molecular weight is 264 g/mol. The average Bonchev–Trinajstić information content (AvgIpc) is 2.29. The van der Waals surface area contributed by atoms with E-state index in [2.05, 4.69) is 6.58 Å². The molecule has 19 heavy (non-hydrogen) atoms.